The van der Waals surface area contributed by atoms with Gasteiger partial charge in [-0.2, -0.15) is 0 Å². The van der Waals surface area contributed by atoms with E-state index in [-0.39, 0.29) is 5.92 Å². The van der Waals surface area contributed by atoms with E-state index in [2.05, 4.69) is 34.6 Å². The van der Waals surface area contributed by atoms with Gasteiger partial charge in [-0.3, -0.25) is 4.98 Å². The number of halogens is 1. The zero-order valence-electron chi connectivity index (χ0n) is 15.8. The number of carbonyl (C=O) groups is 1. The highest BCUT2D eigenvalue weighted by Gasteiger charge is 2.28. The maximum absolute atomic E-state index is 12.1. The van der Waals surface area contributed by atoms with Crippen LogP contribution in [0.1, 0.15) is 29.2 Å². The molecule has 1 amide bonds. The van der Waals surface area contributed by atoms with Gasteiger partial charge in [0.2, 0.25) is 0 Å². The molecule has 2 aromatic carbocycles. The second-order valence-electron chi connectivity index (χ2n) is 6.84. The summed E-state index contributed by atoms with van der Waals surface area (Å²) >= 11 is 5.81. The number of amides is 1. The lowest BCUT2D eigenvalue weighted by Crippen LogP contribution is -2.26. The third-order valence-electron chi connectivity index (χ3n) is 4.96. The van der Waals surface area contributed by atoms with Gasteiger partial charge in [0.05, 0.1) is 10.7 Å². The molecular weight excluding hydrogens is 384 g/mol. The van der Waals surface area contributed by atoms with Gasteiger partial charge in [0, 0.05) is 18.7 Å². The maximum atomic E-state index is 12.1. The number of alkyl carbamates (subject to hydrolysis) is 1. The summed E-state index contributed by atoms with van der Waals surface area (Å²) in [5.74, 6) is 0.0732. The summed E-state index contributed by atoms with van der Waals surface area (Å²) in [6.45, 7) is 0.825. The van der Waals surface area contributed by atoms with Crippen molar-refractivity contribution in [3.63, 3.8) is 0 Å². The molecule has 3 aromatic rings. The number of nitrogens with one attached hydrogen (secondary N) is 1. The number of rotatable bonds is 6. The van der Waals surface area contributed by atoms with Crippen LogP contribution in [-0.4, -0.2) is 24.2 Å². The van der Waals surface area contributed by atoms with Crippen LogP contribution in [0.2, 0.25) is 5.02 Å². The van der Waals surface area contributed by atoms with Gasteiger partial charge in [-0.1, -0.05) is 66.2 Å². The van der Waals surface area contributed by atoms with Gasteiger partial charge in [-0.25, -0.2) is 4.79 Å². The van der Waals surface area contributed by atoms with Crippen molar-refractivity contribution in [2.45, 2.75) is 12.3 Å². The van der Waals surface area contributed by atoms with Crippen molar-refractivity contribution in [3.05, 3.63) is 94.8 Å². The molecule has 1 aliphatic carbocycles. The summed E-state index contributed by atoms with van der Waals surface area (Å²) in [6, 6.07) is 20.2. The molecule has 1 heterocycles. The number of benzene rings is 2. The Bertz CT molecular complexity index is 986. The maximum Gasteiger partial charge on any atom is 0.407 e. The van der Waals surface area contributed by atoms with Gasteiger partial charge in [0.25, 0.3) is 0 Å². The second kappa shape index (κ2) is 8.93. The largest absolute Gasteiger partial charge is 0.449 e. The highest BCUT2D eigenvalue weighted by molar-refractivity contribution is 6.30. The minimum Gasteiger partial charge on any atom is -0.449 e. The lowest BCUT2D eigenvalue weighted by Gasteiger charge is -2.14. The summed E-state index contributed by atoms with van der Waals surface area (Å²) in [4.78, 5) is 16.3. The van der Waals surface area contributed by atoms with E-state index in [1.807, 2.05) is 42.5 Å². The molecule has 1 aliphatic rings. The van der Waals surface area contributed by atoms with Crippen molar-refractivity contribution in [2.75, 3.05) is 13.2 Å². The van der Waals surface area contributed by atoms with Crippen molar-refractivity contribution >= 4 is 23.8 Å². The average Bonchev–Trinajstić information content (AvgIpc) is 3.07. The van der Waals surface area contributed by atoms with E-state index in [1.165, 1.54) is 22.3 Å². The molecule has 0 fully saturated rings. The van der Waals surface area contributed by atoms with E-state index >= 15 is 0 Å². The molecule has 4 nitrogen and oxygen atoms in total. The van der Waals surface area contributed by atoms with E-state index < -0.39 is 6.09 Å². The standard InChI is InChI=1S/C24H21ClN2O2/c25-17-12-13-18(27-15-17)7-5-6-14-26-24(28)29-16-23-21-10-3-1-8-19(21)20-9-2-4-11-22(20)23/h1-5,7-13,15,23H,6,14,16H2,(H,26,28). The van der Waals surface area contributed by atoms with E-state index in [4.69, 9.17) is 16.3 Å². The first-order valence-corrected chi connectivity index (χ1v) is 9.97. The third-order valence-corrected chi connectivity index (χ3v) is 5.19. The van der Waals surface area contributed by atoms with Crippen molar-refractivity contribution in [1.82, 2.24) is 10.3 Å². The van der Waals surface area contributed by atoms with Gasteiger partial charge in [-0.15, -0.1) is 0 Å². The van der Waals surface area contributed by atoms with Gasteiger partial charge >= 0.3 is 6.09 Å². The monoisotopic (exact) mass is 404 g/mol. The fourth-order valence-corrected chi connectivity index (χ4v) is 3.71. The molecule has 0 bridgehead atoms. The summed E-state index contributed by atoms with van der Waals surface area (Å²) in [5.41, 5.74) is 5.69. The number of carbonyl (C=O) groups excluding carboxylic acids is 1. The SMILES string of the molecule is O=C(NCCC=Cc1ccc(Cl)cn1)OCC1c2ccccc2-c2ccccc21. The van der Waals surface area contributed by atoms with Crippen molar-refractivity contribution in [3.8, 4) is 11.1 Å². The molecule has 146 valence electrons. The quantitative estimate of drug-likeness (QED) is 0.538. The average molecular weight is 405 g/mol. The Morgan fingerprint density at radius 1 is 1.03 bits per heavy atom. The Labute approximate surface area is 175 Å². The molecule has 0 saturated carbocycles. The number of nitrogens with zero attached hydrogens (tertiary/aromatic N) is 1. The van der Waals surface area contributed by atoms with Gasteiger partial charge in [-0.05, 0) is 46.9 Å². The normalized spacial score (nSPS) is 12.6. The van der Waals surface area contributed by atoms with Crippen LogP contribution in [0.3, 0.4) is 0 Å². The third kappa shape index (κ3) is 4.49. The highest BCUT2D eigenvalue weighted by atomic mass is 35.5. The number of hydrogen-bond donors (Lipinski definition) is 1. The zero-order valence-corrected chi connectivity index (χ0v) is 16.6. The molecule has 0 atom stereocenters. The molecule has 4 rings (SSSR count). The lowest BCUT2D eigenvalue weighted by atomic mass is 9.98. The van der Waals surface area contributed by atoms with Crippen LogP contribution in [-0.2, 0) is 4.74 Å². The van der Waals surface area contributed by atoms with Crippen LogP contribution in [0.4, 0.5) is 4.79 Å². The summed E-state index contributed by atoms with van der Waals surface area (Å²) < 4.78 is 5.52. The van der Waals surface area contributed by atoms with E-state index in [1.54, 1.807) is 12.3 Å². The Morgan fingerprint density at radius 3 is 2.38 bits per heavy atom. The van der Waals surface area contributed by atoms with Crippen molar-refractivity contribution in [2.24, 2.45) is 0 Å². The molecule has 0 radical (unpaired) electrons. The van der Waals surface area contributed by atoms with Crippen LogP contribution in [0, 0.1) is 0 Å². The Hall–Kier alpha value is -3.11. The van der Waals surface area contributed by atoms with Crippen LogP contribution >= 0.6 is 11.6 Å². The lowest BCUT2D eigenvalue weighted by molar-refractivity contribution is 0.143. The van der Waals surface area contributed by atoms with Gasteiger partial charge in [0.15, 0.2) is 0 Å². The second-order valence-corrected chi connectivity index (χ2v) is 7.28. The number of ether oxygens (including phenoxy) is 1. The highest BCUT2D eigenvalue weighted by Crippen LogP contribution is 2.44. The smallest absolute Gasteiger partial charge is 0.407 e. The Balaban J connectivity index is 1.27. The molecule has 0 saturated heterocycles. The van der Waals surface area contributed by atoms with E-state index in [0.29, 0.717) is 24.6 Å². The topological polar surface area (TPSA) is 51.2 Å². The zero-order chi connectivity index (χ0) is 20.1. The Morgan fingerprint density at radius 2 is 1.72 bits per heavy atom. The van der Waals surface area contributed by atoms with E-state index in [9.17, 15) is 4.79 Å². The van der Waals surface area contributed by atoms with E-state index in [0.717, 1.165) is 5.69 Å². The molecular formula is C24H21ClN2O2. The number of fused-ring (bicyclic) bond motifs is 3. The van der Waals surface area contributed by atoms with Crippen LogP contribution < -0.4 is 5.32 Å². The summed E-state index contributed by atoms with van der Waals surface area (Å²) in [7, 11) is 0. The van der Waals surface area contributed by atoms with Crippen LogP contribution in [0.15, 0.2) is 72.9 Å². The van der Waals surface area contributed by atoms with Gasteiger partial charge in [0.1, 0.15) is 6.61 Å². The fraction of sp³-hybridized carbons (Fsp3) is 0.167. The minimum absolute atomic E-state index is 0.0732. The molecule has 1 aromatic heterocycles. The predicted octanol–water partition coefficient (Wildman–Crippen LogP) is 5.68. The molecule has 1 N–H and O–H groups in total. The first kappa shape index (κ1) is 19.2. The number of pyridine rings is 1. The molecule has 0 aliphatic heterocycles. The van der Waals surface area contributed by atoms with Crippen molar-refractivity contribution in [1.29, 1.82) is 0 Å². The molecule has 0 spiro atoms. The minimum atomic E-state index is -0.398. The first-order valence-electron chi connectivity index (χ1n) is 9.59. The van der Waals surface area contributed by atoms with Gasteiger partial charge < -0.3 is 10.1 Å². The fourth-order valence-electron chi connectivity index (χ4n) is 3.60. The molecule has 29 heavy (non-hydrogen) atoms. The number of aromatic nitrogens is 1. The first-order chi connectivity index (χ1) is 14.2. The molecule has 5 heteroatoms. The van der Waals surface area contributed by atoms with Crippen LogP contribution in [0.5, 0.6) is 0 Å². The number of hydrogen-bond acceptors (Lipinski definition) is 3. The predicted molar refractivity (Wildman–Crippen MR) is 116 cm³/mol. The summed E-state index contributed by atoms with van der Waals surface area (Å²) in [5, 5.41) is 3.41. The van der Waals surface area contributed by atoms with Crippen molar-refractivity contribution < 1.29 is 9.53 Å². The Kier molecular flexibility index (Phi) is 5.92. The molecule has 0 unspecified atom stereocenters. The summed E-state index contributed by atoms with van der Waals surface area (Å²) in [6.07, 6.45) is 5.75. The van der Waals surface area contributed by atoms with Crippen LogP contribution in [0.25, 0.3) is 17.2 Å².